The average molecular weight is 799 g/mol. The zero-order valence-electron chi connectivity index (χ0n) is 27.6. The van der Waals surface area contributed by atoms with Crippen molar-refractivity contribution in [2.75, 3.05) is 0 Å². The number of para-hydroxylation sites is 2. The number of azo groups is 2. The first kappa shape index (κ1) is 39.8. The Morgan fingerprint density at radius 3 is 1.58 bits per heavy atom. The Kier molecular flexibility index (Phi) is 12.1. The van der Waals surface area contributed by atoms with Crippen molar-refractivity contribution in [2.24, 2.45) is 30.7 Å². The van der Waals surface area contributed by atoms with E-state index in [2.05, 4.69) is 30.7 Å². The van der Waals surface area contributed by atoms with Gasteiger partial charge in [-0.2, -0.15) is 9.78 Å². The van der Waals surface area contributed by atoms with Crippen molar-refractivity contribution >= 4 is 42.8 Å². The van der Waals surface area contributed by atoms with Crippen molar-refractivity contribution in [3.63, 3.8) is 0 Å². The zero-order chi connectivity index (χ0) is 37.8. The van der Waals surface area contributed by atoms with Crippen LogP contribution in [0.2, 0.25) is 0 Å². The Morgan fingerprint density at radius 2 is 1.11 bits per heavy atom. The molecule has 6 aromatic rings. The van der Waals surface area contributed by atoms with Gasteiger partial charge in [0.2, 0.25) is 25.9 Å². The second kappa shape index (κ2) is 16.2. The molecular formula is C32H30CrN10O8S2. The Labute approximate surface area is 312 Å². The number of H-pyrrole nitrogens is 1. The number of nitrogens with zero attached hydrogens (tertiary/aromatic N) is 7. The summed E-state index contributed by atoms with van der Waals surface area (Å²) in [5, 5.41) is 62.6. The van der Waals surface area contributed by atoms with Crippen LogP contribution in [0.5, 0.6) is 17.4 Å². The maximum absolute atomic E-state index is 12.5. The molecule has 2 heterocycles. The molecule has 0 unspecified atom stereocenters. The van der Waals surface area contributed by atoms with Crippen LogP contribution in [-0.2, 0) is 37.4 Å². The Balaban J connectivity index is 0.000000232. The summed E-state index contributed by atoms with van der Waals surface area (Å²) in [7, 11) is -7.91. The molecule has 4 aromatic carbocycles. The molecular weight excluding hydrogens is 769 g/mol. The van der Waals surface area contributed by atoms with Gasteiger partial charge in [0.15, 0.2) is 11.4 Å². The van der Waals surface area contributed by atoms with Crippen LogP contribution in [0.1, 0.15) is 11.4 Å². The number of hydrogen-bond donors (Lipinski definition) is 6. The number of aromatic hydroxyl groups is 3. The monoisotopic (exact) mass is 798 g/mol. The van der Waals surface area contributed by atoms with E-state index in [0.717, 1.165) is 36.4 Å². The molecule has 0 radical (unpaired) electrons. The van der Waals surface area contributed by atoms with Crippen LogP contribution < -0.4 is 15.8 Å². The minimum absolute atomic E-state index is 0. The molecule has 6 rings (SSSR count). The third kappa shape index (κ3) is 9.30. The average Bonchev–Trinajstić information content (AvgIpc) is 3.56. The molecule has 0 spiro atoms. The standard InChI is InChI=1S/2C16H15N5O4S.Cr/c2*1-10-15(16(23)21(20-10)11-5-3-2-4-6-11)19-18-13-9-12(26(17,24)25)7-8-14(13)22;/h2-9,22-23H,1H3,(H2,17,24,25);2-9,20,22H,1H3,(H2,17,24,25);. The van der Waals surface area contributed by atoms with Crippen molar-refractivity contribution in [3.05, 3.63) is 119 Å². The van der Waals surface area contributed by atoms with Gasteiger partial charge in [-0.15, -0.1) is 20.5 Å². The molecule has 274 valence electrons. The SMILES string of the molecule is Cc1[nH]n(-c2ccccc2)c(=O)c1N=Nc1cc(S(N)(=O)=O)ccc1O.Cc1nn(-c2ccccc2)c(O)c1N=Nc1cc(S(N)(=O)=O)ccc1O.[Cr]. The number of aromatic amines is 1. The predicted molar refractivity (Wildman–Crippen MR) is 188 cm³/mol. The molecule has 53 heavy (non-hydrogen) atoms. The topological polar surface area (TPSA) is 286 Å². The summed E-state index contributed by atoms with van der Waals surface area (Å²) >= 11 is 0. The molecule has 0 atom stereocenters. The molecule has 0 saturated carbocycles. The van der Waals surface area contributed by atoms with E-state index >= 15 is 0 Å². The van der Waals surface area contributed by atoms with Crippen molar-refractivity contribution in [3.8, 4) is 28.8 Å². The largest absolute Gasteiger partial charge is 0.506 e. The van der Waals surface area contributed by atoms with Crippen molar-refractivity contribution in [1.82, 2.24) is 19.6 Å². The van der Waals surface area contributed by atoms with Gasteiger partial charge in [0.1, 0.15) is 22.9 Å². The number of nitrogens with two attached hydrogens (primary N) is 2. The number of sulfonamides is 2. The number of benzene rings is 4. The van der Waals surface area contributed by atoms with Crippen LogP contribution in [0.3, 0.4) is 0 Å². The Bertz CT molecular complexity index is 2610. The maximum Gasteiger partial charge on any atom is 0.299 e. The zero-order valence-corrected chi connectivity index (χ0v) is 30.5. The van der Waals surface area contributed by atoms with Gasteiger partial charge in [-0.05, 0) is 74.5 Å². The second-order valence-corrected chi connectivity index (χ2v) is 14.0. The van der Waals surface area contributed by atoms with E-state index in [4.69, 9.17) is 10.3 Å². The van der Waals surface area contributed by atoms with E-state index in [1.807, 2.05) is 12.1 Å². The normalized spacial score (nSPS) is 11.7. The third-order valence-corrected chi connectivity index (χ3v) is 8.95. The van der Waals surface area contributed by atoms with Crippen LogP contribution in [0.15, 0.2) is 132 Å². The molecule has 0 aliphatic rings. The summed E-state index contributed by atoms with van der Waals surface area (Å²) in [6.45, 7) is 3.28. The van der Waals surface area contributed by atoms with Gasteiger partial charge in [0.05, 0.1) is 32.6 Å². The molecule has 8 N–H and O–H groups in total. The van der Waals surface area contributed by atoms with Crippen molar-refractivity contribution in [1.29, 1.82) is 0 Å². The fraction of sp³-hybridized carbons (Fsp3) is 0.0625. The minimum atomic E-state index is -3.96. The number of rotatable bonds is 8. The molecule has 2 aromatic heterocycles. The number of hydrogen-bond acceptors (Lipinski definition) is 13. The van der Waals surface area contributed by atoms with Crippen LogP contribution in [0.4, 0.5) is 22.7 Å². The van der Waals surface area contributed by atoms with Gasteiger partial charge in [-0.25, -0.2) is 31.8 Å². The summed E-state index contributed by atoms with van der Waals surface area (Å²) in [4.78, 5) is 12.1. The van der Waals surface area contributed by atoms with E-state index in [0.29, 0.717) is 22.8 Å². The molecule has 0 saturated heterocycles. The van der Waals surface area contributed by atoms with E-state index in [-0.39, 0.29) is 67.3 Å². The van der Waals surface area contributed by atoms with Crippen molar-refractivity contribution < 1.29 is 49.5 Å². The minimum Gasteiger partial charge on any atom is -0.506 e. The van der Waals surface area contributed by atoms with Gasteiger partial charge >= 0.3 is 0 Å². The molecule has 0 bridgehead atoms. The van der Waals surface area contributed by atoms with Crippen LogP contribution in [-0.4, -0.2) is 51.7 Å². The smallest absolute Gasteiger partial charge is 0.299 e. The molecule has 0 aliphatic carbocycles. The molecule has 21 heteroatoms. The van der Waals surface area contributed by atoms with Crippen molar-refractivity contribution in [2.45, 2.75) is 23.6 Å². The number of phenolic OH excluding ortho intramolecular Hbond substituents is 2. The number of aromatic nitrogens is 4. The molecule has 18 nitrogen and oxygen atoms in total. The molecule has 0 amide bonds. The molecule has 0 fully saturated rings. The first-order valence-electron chi connectivity index (χ1n) is 14.8. The third-order valence-electron chi connectivity index (χ3n) is 7.13. The van der Waals surface area contributed by atoms with Gasteiger partial charge in [0, 0.05) is 17.4 Å². The number of primary sulfonamides is 2. The second-order valence-electron chi connectivity index (χ2n) is 10.9. The van der Waals surface area contributed by atoms with Gasteiger partial charge in [-0.1, -0.05) is 36.4 Å². The Morgan fingerprint density at radius 1 is 0.660 bits per heavy atom. The van der Waals surface area contributed by atoms with Gasteiger partial charge in [0.25, 0.3) is 5.56 Å². The number of nitrogens with one attached hydrogen (secondary N) is 1. The maximum atomic E-state index is 12.5. The first-order valence-corrected chi connectivity index (χ1v) is 17.9. The summed E-state index contributed by atoms with van der Waals surface area (Å²) in [6.07, 6.45) is 0. The predicted octanol–water partition coefficient (Wildman–Crippen LogP) is 4.89. The van der Waals surface area contributed by atoms with E-state index < -0.39 is 25.6 Å². The Hall–Kier alpha value is -5.95. The summed E-state index contributed by atoms with van der Waals surface area (Å²) in [6, 6.07) is 24.6. The molecule has 0 aliphatic heterocycles. The van der Waals surface area contributed by atoms with Gasteiger partial charge < -0.3 is 15.3 Å². The number of phenols is 2. The van der Waals surface area contributed by atoms with Crippen LogP contribution >= 0.6 is 0 Å². The number of aryl methyl sites for hydroxylation is 2. The fourth-order valence-corrected chi connectivity index (χ4v) is 5.58. The summed E-state index contributed by atoms with van der Waals surface area (Å²) in [5.74, 6) is -0.814. The fourth-order valence-electron chi connectivity index (χ4n) is 4.52. The first-order chi connectivity index (χ1) is 24.5. The summed E-state index contributed by atoms with van der Waals surface area (Å²) < 4.78 is 48.2. The van der Waals surface area contributed by atoms with E-state index in [1.165, 1.54) is 9.36 Å². The van der Waals surface area contributed by atoms with Crippen LogP contribution in [0, 0.1) is 13.8 Å². The van der Waals surface area contributed by atoms with Gasteiger partial charge in [-0.3, -0.25) is 9.89 Å². The summed E-state index contributed by atoms with van der Waals surface area (Å²) in [5.41, 5.74) is 1.59. The van der Waals surface area contributed by atoms with E-state index in [9.17, 15) is 36.9 Å². The quantitative estimate of drug-likeness (QED) is 0.114. The van der Waals surface area contributed by atoms with E-state index in [1.54, 1.807) is 62.4 Å². The van der Waals surface area contributed by atoms with Crippen LogP contribution in [0.25, 0.3) is 11.4 Å².